The van der Waals surface area contributed by atoms with Gasteiger partial charge in [-0.2, -0.15) is 0 Å². The summed E-state index contributed by atoms with van der Waals surface area (Å²) in [7, 11) is 2.14. The molecule has 1 saturated heterocycles. The van der Waals surface area contributed by atoms with Crippen LogP contribution >= 0.6 is 0 Å². The van der Waals surface area contributed by atoms with Crippen molar-refractivity contribution in [2.45, 2.75) is 12.8 Å². The predicted molar refractivity (Wildman–Crippen MR) is 72.9 cm³/mol. The minimum Gasteiger partial charge on any atom is -0.443 e. The molecule has 0 aliphatic carbocycles. The first kappa shape index (κ1) is 11.5. The van der Waals surface area contributed by atoms with E-state index in [4.69, 9.17) is 4.42 Å². The molecular weight excluding hydrogens is 226 g/mol. The Kier molecular flexibility index (Phi) is 3.19. The number of aromatic nitrogens is 1. The molecule has 1 atom stereocenters. The lowest BCUT2D eigenvalue weighted by Crippen LogP contribution is -2.36. The van der Waals surface area contributed by atoms with E-state index < -0.39 is 0 Å². The standard InChI is InChI=1S/C14H19N3O/c1-17(9-11-3-2-6-15-8-11)12-4-5-13-14(7-12)18-10-16-13/h4-5,7,10-11,15H,2-3,6,8-9H2,1H3. The van der Waals surface area contributed by atoms with Crippen molar-refractivity contribution in [1.29, 1.82) is 0 Å². The molecule has 1 aliphatic heterocycles. The van der Waals surface area contributed by atoms with Gasteiger partial charge in [0.2, 0.25) is 0 Å². The summed E-state index contributed by atoms with van der Waals surface area (Å²) in [6.07, 6.45) is 4.11. The normalized spacial score (nSPS) is 20.2. The fourth-order valence-corrected chi connectivity index (χ4v) is 2.65. The van der Waals surface area contributed by atoms with Crippen LogP contribution in [0.5, 0.6) is 0 Å². The zero-order valence-electron chi connectivity index (χ0n) is 10.7. The van der Waals surface area contributed by atoms with Crippen LogP contribution in [-0.4, -0.2) is 31.7 Å². The molecule has 1 aromatic carbocycles. The monoisotopic (exact) mass is 245 g/mol. The van der Waals surface area contributed by atoms with Crippen LogP contribution in [0.1, 0.15) is 12.8 Å². The number of rotatable bonds is 3. The Bertz CT molecular complexity index is 516. The first-order valence-corrected chi connectivity index (χ1v) is 6.58. The molecule has 4 nitrogen and oxygen atoms in total. The van der Waals surface area contributed by atoms with Crippen molar-refractivity contribution in [3.63, 3.8) is 0 Å². The lowest BCUT2D eigenvalue weighted by Gasteiger charge is -2.28. The van der Waals surface area contributed by atoms with E-state index in [1.807, 2.05) is 6.07 Å². The lowest BCUT2D eigenvalue weighted by molar-refractivity contribution is 0.381. The van der Waals surface area contributed by atoms with Crippen molar-refractivity contribution in [3.05, 3.63) is 24.6 Å². The maximum Gasteiger partial charge on any atom is 0.181 e. The Morgan fingerprint density at radius 2 is 2.44 bits per heavy atom. The molecule has 18 heavy (non-hydrogen) atoms. The molecule has 0 saturated carbocycles. The molecule has 0 bridgehead atoms. The summed E-state index contributed by atoms with van der Waals surface area (Å²) < 4.78 is 5.35. The van der Waals surface area contributed by atoms with Gasteiger partial charge >= 0.3 is 0 Å². The summed E-state index contributed by atoms with van der Waals surface area (Å²) in [6.45, 7) is 3.39. The SMILES string of the molecule is CN(CC1CCCNC1)c1ccc2ncoc2c1. The van der Waals surface area contributed by atoms with Gasteiger partial charge in [-0.25, -0.2) is 4.98 Å². The minimum atomic E-state index is 0.745. The van der Waals surface area contributed by atoms with Crippen LogP contribution < -0.4 is 10.2 Å². The second-order valence-corrected chi connectivity index (χ2v) is 5.10. The molecule has 96 valence electrons. The van der Waals surface area contributed by atoms with Gasteiger partial charge in [0, 0.05) is 25.3 Å². The van der Waals surface area contributed by atoms with Gasteiger partial charge in [0.15, 0.2) is 12.0 Å². The van der Waals surface area contributed by atoms with Crippen LogP contribution in [0.25, 0.3) is 11.1 Å². The number of anilines is 1. The van der Waals surface area contributed by atoms with Gasteiger partial charge in [0.05, 0.1) is 0 Å². The molecule has 0 spiro atoms. The van der Waals surface area contributed by atoms with E-state index in [1.54, 1.807) is 0 Å². The van der Waals surface area contributed by atoms with Crippen molar-refractivity contribution >= 4 is 16.8 Å². The van der Waals surface area contributed by atoms with Crippen molar-refractivity contribution in [1.82, 2.24) is 10.3 Å². The van der Waals surface area contributed by atoms with E-state index in [2.05, 4.69) is 34.4 Å². The third-order valence-corrected chi connectivity index (χ3v) is 3.69. The second kappa shape index (κ2) is 4.98. The van der Waals surface area contributed by atoms with Crippen LogP contribution in [0, 0.1) is 5.92 Å². The van der Waals surface area contributed by atoms with Crippen LogP contribution in [0.15, 0.2) is 29.0 Å². The Morgan fingerprint density at radius 1 is 1.50 bits per heavy atom. The van der Waals surface area contributed by atoms with Gasteiger partial charge in [-0.15, -0.1) is 0 Å². The fourth-order valence-electron chi connectivity index (χ4n) is 2.65. The van der Waals surface area contributed by atoms with E-state index in [9.17, 15) is 0 Å². The summed E-state index contributed by atoms with van der Waals surface area (Å²) in [6, 6.07) is 6.20. The Labute approximate surface area is 107 Å². The Balaban J connectivity index is 1.72. The van der Waals surface area contributed by atoms with Crippen molar-refractivity contribution in [3.8, 4) is 0 Å². The van der Waals surface area contributed by atoms with Gasteiger partial charge in [-0.05, 0) is 44.0 Å². The van der Waals surface area contributed by atoms with E-state index in [-0.39, 0.29) is 0 Å². The lowest BCUT2D eigenvalue weighted by atomic mass is 9.99. The number of fused-ring (bicyclic) bond motifs is 1. The Hall–Kier alpha value is -1.55. The topological polar surface area (TPSA) is 41.3 Å². The molecule has 0 amide bonds. The van der Waals surface area contributed by atoms with E-state index in [1.165, 1.54) is 31.5 Å². The molecule has 1 N–H and O–H groups in total. The zero-order valence-corrected chi connectivity index (χ0v) is 10.7. The quantitative estimate of drug-likeness (QED) is 0.900. The van der Waals surface area contributed by atoms with Crippen LogP contribution in [0.2, 0.25) is 0 Å². The number of piperidine rings is 1. The molecule has 1 aromatic heterocycles. The van der Waals surface area contributed by atoms with Crippen molar-refractivity contribution < 1.29 is 4.42 Å². The number of nitrogens with zero attached hydrogens (tertiary/aromatic N) is 2. The molecule has 4 heteroatoms. The average Bonchev–Trinajstić information content (AvgIpc) is 2.87. The minimum absolute atomic E-state index is 0.745. The largest absolute Gasteiger partial charge is 0.443 e. The smallest absolute Gasteiger partial charge is 0.181 e. The summed E-state index contributed by atoms with van der Waals surface area (Å²) in [5, 5.41) is 3.46. The molecule has 1 unspecified atom stereocenters. The maximum atomic E-state index is 5.35. The van der Waals surface area contributed by atoms with E-state index >= 15 is 0 Å². The number of oxazole rings is 1. The molecular formula is C14H19N3O. The third kappa shape index (κ3) is 2.34. The first-order valence-electron chi connectivity index (χ1n) is 6.58. The highest BCUT2D eigenvalue weighted by Crippen LogP contribution is 2.22. The van der Waals surface area contributed by atoms with Crippen LogP contribution in [-0.2, 0) is 0 Å². The average molecular weight is 245 g/mol. The van der Waals surface area contributed by atoms with Crippen LogP contribution in [0.4, 0.5) is 5.69 Å². The molecule has 1 fully saturated rings. The molecule has 1 aliphatic rings. The highest BCUT2D eigenvalue weighted by molar-refractivity contribution is 5.76. The van der Waals surface area contributed by atoms with Gasteiger partial charge in [-0.3, -0.25) is 0 Å². The number of nitrogens with one attached hydrogen (secondary N) is 1. The number of hydrogen-bond acceptors (Lipinski definition) is 4. The third-order valence-electron chi connectivity index (χ3n) is 3.69. The van der Waals surface area contributed by atoms with Crippen molar-refractivity contribution in [2.75, 3.05) is 31.6 Å². The zero-order chi connectivity index (χ0) is 12.4. The summed E-state index contributed by atoms with van der Waals surface area (Å²) in [4.78, 5) is 6.44. The fraction of sp³-hybridized carbons (Fsp3) is 0.500. The molecule has 2 aromatic rings. The first-order chi connectivity index (χ1) is 8.83. The number of benzene rings is 1. The van der Waals surface area contributed by atoms with Crippen LogP contribution in [0.3, 0.4) is 0 Å². The van der Waals surface area contributed by atoms with Gasteiger partial charge < -0.3 is 14.6 Å². The molecule has 3 rings (SSSR count). The highest BCUT2D eigenvalue weighted by Gasteiger charge is 2.15. The van der Waals surface area contributed by atoms with Gasteiger partial charge in [0.25, 0.3) is 0 Å². The molecule has 2 heterocycles. The number of hydrogen-bond donors (Lipinski definition) is 1. The summed E-state index contributed by atoms with van der Waals surface area (Å²) >= 11 is 0. The van der Waals surface area contributed by atoms with Gasteiger partial charge in [0.1, 0.15) is 5.52 Å². The molecule has 0 radical (unpaired) electrons. The Morgan fingerprint density at radius 3 is 3.28 bits per heavy atom. The van der Waals surface area contributed by atoms with Crippen molar-refractivity contribution in [2.24, 2.45) is 5.92 Å². The van der Waals surface area contributed by atoms with E-state index in [0.717, 1.165) is 30.1 Å². The summed E-state index contributed by atoms with van der Waals surface area (Å²) in [5.74, 6) is 0.745. The highest BCUT2D eigenvalue weighted by atomic mass is 16.3. The summed E-state index contributed by atoms with van der Waals surface area (Å²) in [5.41, 5.74) is 2.98. The second-order valence-electron chi connectivity index (χ2n) is 5.10. The maximum absolute atomic E-state index is 5.35. The van der Waals surface area contributed by atoms with Gasteiger partial charge in [-0.1, -0.05) is 0 Å². The van der Waals surface area contributed by atoms with E-state index in [0.29, 0.717) is 0 Å². The predicted octanol–water partition coefficient (Wildman–Crippen LogP) is 2.26.